The summed E-state index contributed by atoms with van der Waals surface area (Å²) in [5.74, 6) is -1.73. The van der Waals surface area contributed by atoms with Crippen LogP contribution in [0.15, 0.2) is 57.7 Å². The van der Waals surface area contributed by atoms with Crippen molar-refractivity contribution in [1.82, 2.24) is 5.32 Å². The van der Waals surface area contributed by atoms with Crippen LogP contribution in [0.2, 0.25) is 0 Å². The normalized spacial score (nSPS) is 12.9. The van der Waals surface area contributed by atoms with Gasteiger partial charge in [-0.15, -0.1) is 0 Å². The summed E-state index contributed by atoms with van der Waals surface area (Å²) in [5, 5.41) is 14.6. The average molecular weight is 394 g/mol. The molecule has 3 rings (SSSR count). The number of aliphatic carboxylic acids is 1. The van der Waals surface area contributed by atoms with E-state index in [1.807, 2.05) is 6.92 Å². The molecule has 1 N–H and O–H groups in total. The van der Waals surface area contributed by atoms with E-state index in [9.17, 15) is 19.5 Å². The van der Waals surface area contributed by atoms with E-state index in [-0.39, 0.29) is 0 Å². The van der Waals surface area contributed by atoms with E-state index in [1.54, 1.807) is 49.4 Å². The maximum absolute atomic E-state index is 12.5. The summed E-state index contributed by atoms with van der Waals surface area (Å²) in [7, 11) is 0. The smallest absolute Gasteiger partial charge is 0.339 e. The molecule has 0 spiro atoms. The van der Waals surface area contributed by atoms with Gasteiger partial charge in [0.25, 0.3) is 5.91 Å². The minimum absolute atomic E-state index is 0.316. The first kappa shape index (κ1) is 20.1. The summed E-state index contributed by atoms with van der Waals surface area (Å²) in [6, 6.07) is 11.9. The second-order valence-corrected chi connectivity index (χ2v) is 6.73. The highest BCUT2D eigenvalue weighted by molar-refractivity contribution is 5.87. The zero-order valence-electron chi connectivity index (χ0n) is 16.2. The first-order valence-corrected chi connectivity index (χ1v) is 9.05. The molecule has 0 aliphatic carbocycles. The largest absolute Gasteiger partial charge is 0.548 e. The van der Waals surface area contributed by atoms with Crippen LogP contribution in [0.4, 0.5) is 0 Å². The summed E-state index contributed by atoms with van der Waals surface area (Å²) in [4.78, 5) is 35.8. The first-order valence-electron chi connectivity index (χ1n) is 9.05. The van der Waals surface area contributed by atoms with Gasteiger partial charge in [-0.2, -0.15) is 0 Å². The number of amides is 1. The van der Waals surface area contributed by atoms with Crippen LogP contribution in [0, 0.1) is 13.8 Å². The molecule has 7 nitrogen and oxygen atoms in total. The number of ether oxygens (including phenoxy) is 1. The van der Waals surface area contributed by atoms with E-state index in [2.05, 4.69) is 5.32 Å². The lowest BCUT2D eigenvalue weighted by Crippen LogP contribution is -2.45. The highest BCUT2D eigenvalue weighted by atomic mass is 16.5. The van der Waals surface area contributed by atoms with Gasteiger partial charge in [0.05, 0.1) is 12.0 Å². The van der Waals surface area contributed by atoms with E-state index in [0.29, 0.717) is 22.5 Å². The number of benzene rings is 2. The van der Waals surface area contributed by atoms with Gasteiger partial charge < -0.3 is 24.4 Å². The predicted octanol–water partition coefficient (Wildman–Crippen LogP) is 1.78. The molecule has 150 valence electrons. The molecule has 0 saturated heterocycles. The number of carbonyl (C=O) groups excluding carboxylic acids is 2. The third-order valence-corrected chi connectivity index (χ3v) is 4.77. The second kappa shape index (κ2) is 8.18. The monoisotopic (exact) mass is 394 g/mol. The molecule has 0 fully saturated rings. The van der Waals surface area contributed by atoms with Gasteiger partial charge in [-0.3, -0.25) is 4.79 Å². The zero-order valence-corrected chi connectivity index (χ0v) is 16.2. The lowest BCUT2D eigenvalue weighted by Gasteiger charge is -2.22. The van der Waals surface area contributed by atoms with E-state index in [1.165, 1.54) is 13.0 Å². The van der Waals surface area contributed by atoms with E-state index in [0.717, 1.165) is 10.9 Å². The molecule has 1 amide bonds. The molecule has 0 aliphatic heterocycles. The van der Waals surface area contributed by atoms with Crippen molar-refractivity contribution in [2.75, 3.05) is 0 Å². The van der Waals surface area contributed by atoms with Crippen LogP contribution in [-0.2, 0) is 9.59 Å². The Hall–Kier alpha value is -3.61. The van der Waals surface area contributed by atoms with Gasteiger partial charge in [-0.1, -0.05) is 30.3 Å². The summed E-state index contributed by atoms with van der Waals surface area (Å²) in [6.07, 6.45) is -0.990. The molecule has 2 aromatic carbocycles. The Kier molecular flexibility index (Phi) is 5.68. The maximum Gasteiger partial charge on any atom is 0.339 e. The van der Waals surface area contributed by atoms with Crippen molar-refractivity contribution in [3.63, 3.8) is 0 Å². The molecule has 0 radical (unpaired) electrons. The van der Waals surface area contributed by atoms with Crippen molar-refractivity contribution in [1.29, 1.82) is 0 Å². The lowest BCUT2D eigenvalue weighted by atomic mass is 10.1. The molecule has 0 aliphatic rings. The maximum atomic E-state index is 12.5. The van der Waals surface area contributed by atoms with Crippen molar-refractivity contribution >= 4 is 22.8 Å². The summed E-state index contributed by atoms with van der Waals surface area (Å²) >= 11 is 0. The van der Waals surface area contributed by atoms with E-state index >= 15 is 0 Å². The van der Waals surface area contributed by atoms with Crippen molar-refractivity contribution in [3.8, 4) is 5.75 Å². The fourth-order valence-electron chi connectivity index (χ4n) is 2.94. The number of aryl methyl sites for hydroxylation is 1. The number of hydrogen-bond donors (Lipinski definition) is 1. The number of fused-ring (bicyclic) bond motifs is 1. The molecule has 0 unspecified atom stereocenters. The Morgan fingerprint density at radius 2 is 1.76 bits per heavy atom. The van der Waals surface area contributed by atoms with Crippen molar-refractivity contribution in [2.45, 2.75) is 32.9 Å². The Bertz CT molecular complexity index is 1120. The van der Waals surface area contributed by atoms with Gasteiger partial charge in [0.2, 0.25) is 0 Å². The van der Waals surface area contributed by atoms with Crippen molar-refractivity contribution in [3.05, 3.63) is 75.6 Å². The molecule has 29 heavy (non-hydrogen) atoms. The van der Waals surface area contributed by atoms with Crippen molar-refractivity contribution in [2.24, 2.45) is 0 Å². The van der Waals surface area contributed by atoms with E-state index < -0.39 is 29.6 Å². The minimum Gasteiger partial charge on any atom is -0.548 e. The van der Waals surface area contributed by atoms with Gasteiger partial charge in [0.1, 0.15) is 11.3 Å². The first-order chi connectivity index (χ1) is 13.8. The van der Waals surface area contributed by atoms with Gasteiger partial charge in [-0.05, 0) is 44.0 Å². The zero-order chi connectivity index (χ0) is 21.1. The molecule has 7 heteroatoms. The highest BCUT2D eigenvalue weighted by Gasteiger charge is 2.21. The molecule has 0 saturated carbocycles. The number of carboxylic acids is 1. The third-order valence-electron chi connectivity index (χ3n) is 4.77. The Balaban J connectivity index is 1.77. The number of carbonyl (C=O) groups is 2. The summed E-state index contributed by atoms with van der Waals surface area (Å²) in [5.41, 5.74) is 1.66. The van der Waals surface area contributed by atoms with Crippen LogP contribution >= 0.6 is 0 Å². The molecule has 0 bridgehead atoms. The fourth-order valence-corrected chi connectivity index (χ4v) is 2.94. The highest BCUT2D eigenvalue weighted by Crippen LogP contribution is 2.24. The SMILES string of the molecule is Cc1c(C)c2ccc(O[C@@H](C)C(=O)N[C@H](C(=O)[O-])c3ccccc3)cc2oc1=O. The second-order valence-electron chi connectivity index (χ2n) is 6.73. The number of hydrogen-bond acceptors (Lipinski definition) is 6. The topological polar surface area (TPSA) is 109 Å². The Morgan fingerprint density at radius 3 is 2.41 bits per heavy atom. The molecule has 1 heterocycles. The predicted molar refractivity (Wildman–Crippen MR) is 104 cm³/mol. The van der Waals surface area contributed by atoms with Crippen LogP contribution < -0.4 is 20.8 Å². The van der Waals surface area contributed by atoms with Gasteiger partial charge >= 0.3 is 5.63 Å². The minimum atomic E-state index is -1.42. The third kappa shape index (κ3) is 4.29. The van der Waals surface area contributed by atoms with Crippen LogP contribution in [0.25, 0.3) is 11.0 Å². The molecule has 3 aromatic rings. The molecule has 1 aromatic heterocycles. The Labute approximate surface area is 166 Å². The van der Waals surface area contributed by atoms with Crippen LogP contribution in [0.1, 0.15) is 29.7 Å². The van der Waals surface area contributed by atoms with Crippen LogP contribution in [-0.4, -0.2) is 18.0 Å². The summed E-state index contributed by atoms with van der Waals surface area (Å²) in [6.45, 7) is 5.01. The standard InChI is InChI=1S/C22H21NO6/c1-12-13(2)22(27)29-18-11-16(9-10-17(12)18)28-14(3)20(24)23-19(21(25)26)15-7-5-4-6-8-15/h4-11,14,19H,1-3H3,(H,23,24)(H,25,26)/p-1/t14-,19-/m0/s1. The molecular weight excluding hydrogens is 374 g/mol. The van der Waals surface area contributed by atoms with Crippen LogP contribution in [0.5, 0.6) is 5.75 Å². The number of nitrogens with one attached hydrogen (secondary N) is 1. The van der Waals surface area contributed by atoms with E-state index in [4.69, 9.17) is 9.15 Å². The van der Waals surface area contributed by atoms with Crippen molar-refractivity contribution < 1.29 is 23.8 Å². The molecular formula is C22H20NO6-. The molecule has 2 atom stereocenters. The fraction of sp³-hybridized carbons (Fsp3) is 0.227. The number of carboxylic acid groups (broad SMARTS) is 1. The quantitative estimate of drug-likeness (QED) is 0.639. The average Bonchev–Trinajstić information content (AvgIpc) is 2.70. The van der Waals surface area contributed by atoms with Gasteiger partial charge in [-0.25, -0.2) is 4.79 Å². The van der Waals surface area contributed by atoms with Gasteiger partial charge in [0.15, 0.2) is 6.10 Å². The van der Waals surface area contributed by atoms with Gasteiger partial charge in [0, 0.05) is 17.0 Å². The Morgan fingerprint density at radius 1 is 1.07 bits per heavy atom. The van der Waals surface area contributed by atoms with Crippen LogP contribution in [0.3, 0.4) is 0 Å². The summed E-state index contributed by atoms with van der Waals surface area (Å²) < 4.78 is 10.9. The lowest BCUT2D eigenvalue weighted by molar-refractivity contribution is -0.308. The number of rotatable bonds is 6.